The number of hydrogen-bond acceptors (Lipinski definition) is 3. The molecule has 0 aromatic heterocycles. The lowest BCUT2D eigenvalue weighted by atomic mass is 10.1. The summed E-state index contributed by atoms with van der Waals surface area (Å²) < 4.78 is 39.4. The third-order valence-electron chi connectivity index (χ3n) is 2.09. The predicted molar refractivity (Wildman–Crippen MR) is 60.5 cm³/mol. The molecule has 0 fully saturated rings. The van der Waals surface area contributed by atoms with Crippen molar-refractivity contribution in [2.24, 2.45) is 0 Å². The quantitative estimate of drug-likeness (QED) is 0.765. The summed E-state index contributed by atoms with van der Waals surface area (Å²) in [6.45, 7) is 0. The van der Waals surface area contributed by atoms with Gasteiger partial charge in [-0.3, -0.25) is 0 Å². The molecule has 0 radical (unpaired) electrons. The lowest BCUT2D eigenvalue weighted by molar-refractivity contribution is 0.121. The normalized spacial score (nSPS) is 13.7. The largest absolute Gasteiger partial charge is 0.380 e. The van der Waals surface area contributed by atoms with Gasteiger partial charge in [0.15, 0.2) is 0 Å². The number of methoxy groups -OCH3 is 1. The molecule has 0 aliphatic carbocycles. The van der Waals surface area contributed by atoms with E-state index in [1.807, 2.05) is 0 Å². The van der Waals surface area contributed by atoms with Crippen LogP contribution >= 0.6 is 10.7 Å². The van der Waals surface area contributed by atoms with E-state index < -0.39 is 15.2 Å². The van der Waals surface area contributed by atoms with E-state index in [9.17, 15) is 12.8 Å². The van der Waals surface area contributed by atoms with Crippen LogP contribution in [0.15, 0.2) is 24.3 Å². The molecule has 3 nitrogen and oxygen atoms in total. The van der Waals surface area contributed by atoms with E-state index in [0.29, 0.717) is 6.42 Å². The molecule has 90 valence electrons. The van der Waals surface area contributed by atoms with Crippen LogP contribution in [0, 0.1) is 5.82 Å². The molecule has 0 amide bonds. The summed E-state index contributed by atoms with van der Waals surface area (Å²) >= 11 is 0. The van der Waals surface area contributed by atoms with Crippen LogP contribution in [0.1, 0.15) is 5.56 Å². The molecule has 0 bridgehead atoms. The maximum absolute atomic E-state index is 12.6. The molecule has 0 unspecified atom stereocenters. The maximum atomic E-state index is 12.6. The van der Waals surface area contributed by atoms with E-state index in [-0.39, 0.29) is 11.6 Å². The summed E-state index contributed by atoms with van der Waals surface area (Å²) in [5.74, 6) is -0.592. The topological polar surface area (TPSA) is 43.4 Å². The van der Waals surface area contributed by atoms with E-state index in [2.05, 4.69) is 0 Å². The molecule has 1 aromatic carbocycles. The Morgan fingerprint density at radius 3 is 2.38 bits per heavy atom. The van der Waals surface area contributed by atoms with Crippen molar-refractivity contribution in [3.05, 3.63) is 35.6 Å². The van der Waals surface area contributed by atoms with E-state index in [1.165, 1.54) is 19.2 Å². The maximum Gasteiger partial charge on any atom is 0.235 e. The zero-order chi connectivity index (χ0) is 12.2. The first-order valence-corrected chi connectivity index (χ1v) is 7.08. The van der Waals surface area contributed by atoms with E-state index in [4.69, 9.17) is 15.4 Å². The molecule has 0 saturated carbocycles. The molecule has 0 aliphatic heterocycles. The van der Waals surface area contributed by atoms with Crippen molar-refractivity contribution >= 4 is 19.7 Å². The van der Waals surface area contributed by atoms with Gasteiger partial charge in [0.2, 0.25) is 9.05 Å². The van der Waals surface area contributed by atoms with Gasteiger partial charge in [-0.1, -0.05) is 12.1 Å². The van der Waals surface area contributed by atoms with Gasteiger partial charge >= 0.3 is 0 Å². The Morgan fingerprint density at radius 1 is 1.38 bits per heavy atom. The minimum Gasteiger partial charge on any atom is -0.380 e. The second kappa shape index (κ2) is 5.61. The summed E-state index contributed by atoms with van der Waals surface area (Å²) in [4.78, 5) is 0. The average molecular weight is 267 g/mol. The van der Waals surface area contributed by atoms with Gasteiger partial charge in [-0.25, -0.2) is 12.8 Å². The molecule has 6 heteroatoms. The molecular weight excluding hydrogens is 255 g/mol. The smallest absolute Gasteiger partial charge is 0.235 e. The Labute approximate surface area is 98.6 Å². The van der Waals surface area contributed by atoms with Crippen LogP contribution in [0.2, 0.25) is 0 Å². The standard InChI is InChI=1S/C10H12ClFO3S/c1-15-10(7-16(11,13)14)6-8-2-4-9(12)5-3-8/h2-5,10H,6-7H2,1H3/t10-/m0/s1. The molecule has 0 spiro atoms. The van der Waals surface area contributed by atoms with Crippen molar-refractivity contribution in [3.63, 3.8) is 0 Å². The number of hydrogen-bond donors (Lipinski definition) is 0. The van der Waals surface area contributed by atoms with Crippen LogP contribution in [0.4, 0.5) is 4.39 Å². The van der Waals surface area contributed by atoms with Gasteiger partial charge < -0.3 is 4.74 Å². The van der Waals surface area contributed by atoms with Gasteiger partial charge in [0.05, 0.1) is 11.9 Å². The highest BCUT2D eigenvalue weighted by atomic mass is 35.7. The zero-order valence-corrected chi connectivity index (χ0v) is 10.3. The van der Waals surface area contributed by atoms with Crippen LogP contribution in [0.5, 0.6) is 0 Å². The van der Waals surface area contributed by atoms with Crippen LogP contribution in [0.25, 0.3) is 0 Å². The van der Waals surface area contributed by atoms with Gasteiger partial charge in [-0.15, -0.1) is 0 Å². The van der Waals surface area contributed by atoms with E-state index in [1.54, 1.807) is 12.1 Å². The van der Waals surface area contributed by atoms with Crippen molar-refractivity contribution < 1.29 is 17.5 Å². The van der Waals surface area contributed by atoms with Gasteiger partial charge in [0.25, 0.3) is 0 Å². The number of ether oxygens (including phenoxy) is 1. The van der Waals surface area contributed by atoms with Gasteiger partial charge in [0.1, 0.15) is 5.82 Å². The summed E-state index contributed by atoms with van der Waals surface area (Å²) in [7, 11) is 2.95. The highest BCUT2D eigenvalue weighted by Crippen LogP contribution is 2.10. The fourth-order valence-electron chi connectivity index (χ4n) is 1.32. The number of rotatable bonds is 5. The Kier molecular flexibility index (Phi) is 4.70. The third-order valence-corrected chi connectivity index (χ3v) is 3.24. The summed E-state index contributed by atoms with van der Waals surface area (Å²) in [5, 5.41) is 0. The second-order valence-electron chi connectivity index (χ2n) is 3.39. The minimum atomic E-state index is -3.59. The summed E-state index contributed by atoms with van der Waals surface area (Å²) in [6, 6.07) is 5.80. The second-order valence-corrected chi connectivity index (χ2v) is 6.22. The Balaban J connectivity index is 2.67. The molecule has 16 heavy (non-hydrogen) atoms. The van der Waals surface area contributed by atoms with Crippen molar-refractivity contribution in [1.29, 1.82) is 0 Å². The molecule has 0 heterocycles. The molecule has 1 rings (SSSR count). The van der Waals surface area contributed by atoms with Crippen molar-refractivity contribution in [3.8, 4) is 0 Å². The molecular formula is C10H12ClFO3S. The van der Waals surface area contributed by atoms with Crippen LogP contribution in [-0.4, -0.2) is 27.4 Å². The fraction of sp³-hybridized carbons (Fsp3) is 0.400. The van der Waals surface area contributed by atoms with Crippen LogP contribution < -0.4 is 0 Å². The Bertz CT molecular complexity index is 430. The first-order valence-electron chi connectivity index (χ1n) is 4.60. The van der Waals surface area contributed by atoms with E-state index in [0.717, 1.165) is 5.56 Å². The van der Waals surface area contributed by atoms with E-state index >= 15 is 0 Å². The summed E-state index contributed by atoms with van der Waals surface area (Å²) in [6.07, 6.45) is -0.143. The molecule has 0 aliphatic rings. The minimum absolute atomic E-state index is 0.261. The monoisotopic (exact) mass is 266 g/mol. The predicted octanol–water partition coefficient (Wildman–Crippen LogP) is 1.95. The Hall–Kier alpha value is -0.650. The molecule has 1 atom stereocenters. The molecule has 0 saturated heterocycles. The zero-order valence-electron chi connectivity index (χ0n) is 8.69. The van der Waals surface area contributed by atoms with Gasteiger partial charge in [0, 0.05) is 17.8 Å². The number of benzene rings is 1. The van der Waals surface area contributed by atoms with Crippen molar-refractivity contribution in [2.45, 2.75) is 12.5 Å². The number of halogens is 2. The van der Waals surface area contributed by atoms with Gasteiger partial charge in [-0.05, 0) is 24.1 Å². The average Bonchev–Trinajstić information content (AvgIpc) is 2.18. The summed E-state index contributed by atoms with van der Waals surface area (Å²) in [5.41, 5.74) is 0.800. The lowest BCUT2D eigenvalue weighted by Crippen LogP contribution is -2.22. The van der Waals surface area contributed by atoms with Crippen LogP contribution in [-0.2, 0) is 20.2 Å². The first-order chi connectivity index (χ1) is 7.40. The molecule has 0 N–H and O–H groups in total. The van der Waals surface area contributed by atoms with Crippen LogP contribution in [0.3, 0.4) is 0 Å². The van der Waals surface area contributed by atoms with Crippen molar-refractivity contribution in [2.75, 3.05) is 12.9 Å². The fourth-order valence-corrected chi connectivity index (χ4v) is 2.44. The highest BCUT2D eigenvalue weighted by molar-refractivity contribution is 8.13. The third kappa shape index (κ3) is 4.92. The SMILES string of the molecule is CO[C@@H](Cc1ccc(F)cc1)CS(=O)(=O)Cl. The first kappa shape index (κ1) is 13.4. The lowest BCUT2D eigenvalue weighted by Gasteiger charge is -2.13. The Morgan fingerprint density at radius 2 is 1.94 bits per heavy atom. The van der Waals surface area contributed by atoms with Gasteiger partial charge in [-0.2, -0.15) is 0 Å². The highest BCUT2D eigenvalue weighted by Gasteiger charge is 2.16. The van der Waals surface area contributed by atoms with Crippen molar-refractivity contribution in [1.82, 2.24) is 0 Å². The molecule has 1 aromatic rings.